The van der Waals surface area contributed by atoms with E-state index in [4.69, 9.17) is 0 Å². The summed E-state index contributed by atoms with van der Waals surface area (Å²) >= 11 is 0. The van der Waals surface area contributed by atoms with E-state index in [1.54, 1.807) is 4.90 Å². The van der Waals surface area contributed by atoms with Crippen molar-refractivity contribution in [2.45, 2.75) is 13.8 Å². The van der Waals surface area contributed by atoms with Crippen molar-refractivity contribution >= 4 is 11.5 Å². The van der Waals surface area contributed by atoms with E-state index in [-0.39, 0.29) is 0 Å². The third-order valence-corrected chi connectivity index (χ3v) is 3.04. The van der Waals surface area contributed by atoms with Gasteiger partial charge in [-0.05, 0) is 31.0 Å². The molecule has 0 saturated carbocycles. The average molecular weight is 245 g/mol. The molecule has 0 saturated heterocycles. The van der Waals surface area contributed by atoms with E-state index in [1.807, 2.05) is 39.1 Å². The maximum atomic E-state index is 11.3. The molecule has 0 bridgehead atoms. The van der Waals surface area contributed by atoms with Crippen molar-refractivity contribution in [3.63, 3.8) is 0 Å². The molecule has 5 heteroatoms. The summed E-state index contributed by atoms with van der Waals surface area (Å²) in [6.45, 7) is 4.03. The first-order valence-electron chi connectivity index (χ1n) is 5.62. The second-order valence-corrected chi connectivity index (χ2v) is 4.25. The number of rotatable bonds is 2. The van der Waals surface area contributed by atoms with Crippen molar-refractivity contribution in [2.75, 3.05) is 11.9 Å². The Morgan fingerprint density at radius 2 is 1.83 bits per heavy atom. The predicted molar refractivity (Wildman–Crippen MR) is 71.7 cm³/mol. The smallest absolute Gasteiger partial charge is 0.327 e. The molecule has 0 atom stereocenters. The van der Waals surface area contributed by atoms with Crippen molar-refractivity contribution in [1.29, 1.82) is 0 Å². The summed E-state index contributed by atoms with van der Waals surface area (Å²) in [5.74, 6) is 0.470. The summed E-state index contributed by atoms with van der Waals surface area (Å²) in [6.07, 6.45) is 0. The van der Waals surface area contributed by atoms with Gasteiger partial charge in [0.1, 0.15) is 5.82 Å². The summed E-state index contributed by atoms with van der Waals surface area (Å²) in [4.78, 5) is 29.1. The molecule has 0 spiro atoms. The molecule has 2 N–H and O–H groups in total. The first-order chi connectivity index (χ1) is 8.49. The zero-order valence-corrected chi connectivity index (χ0v) is 10.6. The van der Waals surface area contributed by atoms with Gasteiger partial charge in [-0.1, -0.05) is 12.1 Å². The summed E-state index contributed by atoms with van der Waals surface area (Å²) < 4.78 is 0. The van der Waals surface area contributed by atoms with Crippen LogP contribution >= 0.6 is 0 Å². The minimum absolute atomic E-state index is 0.411. The Hall–Kier alpha value is -2.30. The molecule has 1 heterocycles. The standard InChI is InChI=1S/C13H15N3O2/c1-8-5-4-6-10(9(8)2)16(3)11-7-12(17)15-13(18)14-11/h4-7H,1-3H3,(H2,14,15,17,18). The lowest BCUT2D eigenvalue weighted by atomic mass is 10.1. The van der Waals surface area contributed by atoms with E-state index in [9.17, 15) is 9.59 Å². The molecule has 0 aliphatic carbocycles. The van der Waals surface area contributed by atoms with Gasteiger partial charge in [-0.3, -0.25) is 14.8 Å². The molecule has 2 aromatic rings. The minimum Gasteiger partial charge on any atom is -0.331 e. The van der Waals surface area contributed by atoms with Gasteiger partial charge in [0.25, 0.3) is 5.56 Å². The first kappa shape index (κ1) is 12.2. The Balaban J connectivity index is 2.54. The van der Waals surface area contributed by atoms with Crippen LogP contribution in [-0.4, -0.2) is 17.0 Å². The van der Waals surface area contributed by atoms with E-state index >= 15 is 0 Å². The van der Waals surface area contributed by atoms with E-state index in [0.717, 1.165) is 16.8 Å². The number of aromatic amines is 2. The van der Waals surface area contributed by atoms with E-state index < -0.39 is 11.2 Å². The van der Waals surface area contributed by atoms with Gasteiger partial charge in [-0.2, -0.15) is 0 Å². The average Bonchev–Trinajstić information content (AvgIpc) is 2.30. The molecule has 0 fully saturated rings. The normalized spacial score (nSPS) is 10.4. The zero-order valence-electron chi connectivity index (χ0n) is 10.6. The number of nitrogens with one attached hydrogen (secondary N) is 2. The number of anilines is 2. The summed E-state index contributed by atoms with van der Waals surface area (Å²) in [7, 11) is 1.81. The van der Waals surface area contributed by atoms with Crippen LogP contribution in [0.2, 0.25) is 0 Å². The summed E-state index contributed by atoms with van der Waals surface area (Å²) in [6, 6.07) is 7.28. The van der Waals surface area contributed by atoms with E-state index in [1.165, 1.54) is 6.07 Å². The number of hydrogen-bond acceptors (Lipinski definition) is 3. The van der Waals surface area contributed by atoms with Gasteiger partial charge in [-0.25, -0.2) is 4.79 Å². The van der Waals surface area contributed by atoms with Gasteiger partial charge in [0, 0.05) is 18.8 Å². The SMILES string of the molecule is Cc1cccc(N(C)c2cc(=O)[nH]c(=O)[nH]2)c1C. The van der Waals surface area contributed by atoms with Crippen molar-refractivity contribution in [1.82, 2.24) is 9.97 Å². The van der Waals surface area contributed by atoms with Crippen LogP contribution in [-0.2, 0) is 0 Å². The molecule has 0 aliphatic heterocycles. The van der Waals surface area contributed by atoms with Crippen LogP contribution in [0.15, 0.2) is 33.9 Å². The van der Waals surface area contributed by atoms with Crippen molar-refractivity contribution in [3.05, 3.63) is 56.2 Å². The topological polar surface area (TPSA) is 69.0 Å². The lowest BCUT2D eigenvalue weighted by Gasteiger charge is -2.21. The Labute approximate surface area is 104 Å². The van der Waals surface area contributed by atoms with Crippen LogP contribution < -0.4 is 16.1 Å². The molecule has 0 amide bonds. The Bertz CT molecular complexity index is 657. The maximum absolute atomic E-state index is 11.3. The van der Waals surface area contributed by atoms with Crippen LogP contribution in [0, 0.1) is 13.8 Å². The fourth-order valence-electron chi connectivity index (χ4n) is 1.87. The van der Waals surface area contributed by atoms with E-state index in [0.29, 0.717) is 5.82 Å². The third-order valence-electron chi connectivity index (χ3n) is 3.04. The number of aromatic nitrogens is 2. The molecule has 94 valence electrons. The Morgan fingerprint density at radius 3 is 2.50 bits per heavy atom. The fraction of sp³-hybridized carbons (Fsp3) is 0.231. The maximum Gasteiger partial charge on any atom is 0.327 e. The van der Waals surface area contributed by atoms with Crippen molar-refractivity contribution in [2.24, 2.45) is 0 Å². The van der Waals surface area contributed by atoms with Crippen LogP contribution in [0.3, 0.4) is 0 Å². The molecule has 18 heavy (non-hydrogen) atoms. The van der Waals surface area contributed by atoms with Crippen LogP contribution in [0.1, 0.15) is 11.1 Å². The molecule has 2 rings (SSSR count). The fourth-order valence-corrected chi connectivity index (χ4v) is 1.87. The molecule has 0 radical (unpaired) electrons. The highest BCUT2D eigenvalue weighted by Gasteiger charge is 2.09. The molecule has 1 aromatic heterocycles. The van der Waals surface area contributed by atoms with Crippen LogP contribution in [0.5, 0.6) is 0 Å². The highest BCUT2D eigenvalue weighted by molar-refractivity contribution is 5.63. The Morgan fingerprint density at radius 1 is 1.11 bits per heavy atom. The molecule has 1 aromatic carbocycles. The van der Waals surface area contributed by atoms with Gasteiger partial charge < -0.3 is 4.90 Å². The minimum atomic E-state index is -0.505. The van der Waals surface area contributed by atoms with Gasteiger partial charge >= 0.3 is 5.69 Å². The lowest BCUT2D eigenvalue weighted by molar-refractivity contribution is 0.995. The monoisotopic (exact) mass is 245 g/mol. The van der Waals surface area contributed by atoms with Gasteiger partial charge in [-0.15, -0.1) is 0 Å². The number of benzene rings is 1. The summed E-state index contributed by atoms with van der Waals surface area (Å²) in [5.41, 5.74) is 2.31. The molecule has 0 aliphatic rings. The molecule has 0 unspecified atom stereocenters. The number of nitrogens with zero attached hydrogens (tertiary/aromatic N) is 1. The first-order valence-corrected chi connectivity index (χ1v) is 5.62. The van der Waals surface area contributed by atoms with Crippen molar-refractivity contribution < 1.29 is 0 Å². The number of aryl methyl sites for hydroxylation is 1. The zero-order chi connectivity index (χ0) is 13.3. The molecular weight excluding hydrogens is 230 g/mol. The number of hydrogen-bond donors (Lipinski definition) is 2. The second-order valence-electron chi connectivity index (χ2n) is 4.25. The van der Waals surface area contributed by atoms with E-state index in [2.05, 4.69) is 9.97 Å². The van der Waals surface area contributed by atoms with Gasteiger partial charge in [0.15, 0.2) is 0 Å². The largest absolute Gasteiger partial charge is 0.331 e. The quantitative estimate of drug-likeness (QED) is 0.841. The molecular formula is C13H15N3O2. The second kappa shape index (κ2) is 4.52. The lowest BCUT2D eigenvalue weighted by Crippen LogP contribution is -2.25. The van der Waals surface area contributed by atoms with Crippen LogP contribution in [0.25, 0.3) is 0 Å². The van der Waals surface area contributed by atoms with Gasteiger partial charge in [0.05, 0.1) is 0 Å². The highest BCUT2D eigenvalue weighted by atomic mass is 16.2. The van der Waals surface area contributed by atoms with Gasteiger partial charge in [0.2, 0.25) is 0 Å². The van der Waals surface area contributed by atoms with Crippen LogP contribution in [0.4, 0.5) is 11.5 Å². The Kier molecular flexibility index (Phi) is 3.06. The number of H-pyrrole nitrogens is 2. The molecule has 5 nitrogen and oxygen atoms in total. The third kappa shape index (κ3) is 2.20. The predicted octanol–water partition coefficient (Wildman–Crippen LogP) is 1.45. The van der Waals surface area contributed by atoms with Crippen molar-refractivity contribution in [3.8, 4) is 0 Å². The highest BCUT2D eigenvalue weighted by Crippen LogP contribution is 2.25. The summed E-state index contributed by atoms with van der Waals surface area (Å²) in [5, 5.41) is 0.